The van der Waals surface area contributed by atoms with Crippen molar-refractivity contribution in [2.24, 2.45) is 0 Å². The number of carbonyl (C=O) groups is 1. The van der Waals surface area contributed by atoms with Gasteiger partial charge in [-0.15, -0.1) is 11.6 Å². The summed E-state index contributed by atoms with van der Waals surface area (Å²) in [4.78, 5) is 14.1. The van der Waals surface area contributed by atoms with Crippen LogP contribution in [0.1, 0.15) is 23.2 Å². The summed E-state index contributed by atoms with van der Waals surface area (Å²) in [7, 11) is 0. The predicted molar refractivity (Wildman–Crippen MR) is 54.5 cm³/mol. The lowest BCUT2D eigenvalue weighted by atomic mass is 10.1. The monoisotopic (exact) mass is 250 g/mol. The van der Waals surface area contributed by atoms with Gasteiger partial charge in [0.15, 0.2) is 0 Å². The Kier molecular flexibility index (Phi) is 4.00. The molecule has 16 heavy (non-hydrogen) atoms. The molecular formula is C9H9ClF2N2O2. The van der Waals surface area contributed by atoms with Gasteiger partial charge in [0.2, 0.25) is 0 Å². The molecule has 0 bridgehead atoms. The lowest BCUT2D eigenvalue weighted by molar-refractivity contribution is -0.136. The summed E-state index contributed by atoms with van der Waals surface area (Å²) in [6, 6.07) is 1.10. The van der Waals surface area contributed by atoms with E-state index in [1.54, 1.807) is 0 Å². The first kappa shape index (κ1) is 12.6. The van der Waals surface area contributed by atoms with Crippen LogP contribution in [0.3, 0.4) is 0 Å². The van der Waals surface area contributed by atoms with Crippen LogP contribution in [0.25, 0.3) is 0 Å². The number of alkyl halides is 3. The summed E-state index contributed by atoms with van der Waals surface area (Å²) in [5, 5.41) is 8.54. The molecule has 1 aromatic heterocycles. The number of hydrogen-bond acceptors (Lipinski definition) is 3. The fourth-order valence-corrected chi connectivity index (χ4v) is 1.42. The van der Waals surface area contributed by atoms with Crippen LogP contribution in [-0.2, 0) is 17.1 Å². The van der Waals surface area contributed by atoms with Crippen molar-refractivity contribution in [3.63, 3.8) is 0 Å². The zero-order chi connectivity index (χ0) is 12.3. The largest absolute Gasteiger partial charge is 0.481 e. The van der Waals surface area contributed by atoms with E-state index >= 15 is 0 Å². The van der Waals surface area contributed by atoms with Gasteiger partial charge in [-0.05, 0) is 6.07 Å². The van der Waals surface area contributed by atoms with Crippen LogP contribution in [0.15, 0.2) is 6.07 Å². The number of nitrogens with zero attached hydrogens (tertiary/aromatic N) is 1. The molecule has 1 rings (SSSR count). The fraction of sp³-hybridized carbons (Fsp3) is 0.333. The second-order valence-corrected chi connectivity index (χ2v) is 3.34. The van der Waals surface area contributed by atoms with Crippen molar-refractivity contribution >= 4 is 23.4 Å². The minimum atomic E-state index is -2.80. The Labute approximate surface area is 95.0 Å². The highest BCUT2D eigenvalue weighted by Gasteiger charge is 2.18. The van der Waals surface area contributed by atoms with Crippen LogP contribution in [0.2, 0.25) is 0 Å². The Morgan fingerprint density at radius 2 is 2.25 bits per heavy atom. The molecule has 7 heteroatoms. The molecule has 0 spiro atoms. The molecule has 1 heterocycles. The van der Waals surface area contributed by atoms with E-state index in [0.29, 0.717) is 0 Å². The number of nitrogens with two attached hydrogens (primary N) is 1. The molecule has 0 amide bonds. The van der Waals surface area contributed by atoms with Crippen LogP contribution < -0.4 is 5.73 Å². The summed E-state index contributed by atoms with van der Waals surface area (Å²) in [5.41, 5.74) is 5.05. The molecule has 0 saturated carbocycles. The van der Waals surface area contributed by atoms with Crippen LogP contribution in [0.5, 0.6) is 0 Å². The predicted octanol–water partition coefficient (Wildman–Crippen LogP) is 1.97. The van der Waals surface area contributed by atoms with E-state index in [1.807, 2.05) is 0 Å². The third-order valence-electron chi connectivity index (χ3n) is 1.95. The standard InChI is InChI=1S/C9H9ClF2N2O2/c10-3-4-1-5(8(11)12)6(2-7(15)16)14-9(4)13/h1,8H,2-3H2,(H2,13,14)(H,15,16). The number of pyridine rings is 1. The van der Waals surface area contributed by atoms with Crippen molar-refractivity contribution in [3.05, 3.63) is 22.9 Å². The average molecular weight is 251 g/mol. The van der Waals surface area contributed by atoms with E-state index in [1.165, 1.54) is 0 Å². The van der Waals surface area contributed by atoms with Crippen LogP contribution in [-0.4, -0.2) is 16.1 Å². The van der Waals surface area contributed by atoms with Gasteiger partial charge in [-0.2, -0.15) is 0 Å². The first-order valence-corrected chi connectivity index (χ1v) is 4.83. The summed E-state index contributed by atoms with van der Waals surface area (Å²) in [6.45, 7) is 0. The number of carboxylic acids is 1. The van der Waals surface area contributed by atoms with Gasteiger partial charge in [0.1, 0.15) is 5.82 Å². The van der Waals surface area contributed by atoms with E-state index in [4.69, 9.17) is 22.4 Å². The Morgan fingerprint density at radius 1 is 1.62 bits per heavy atom. The van der Waals surface area contributed by atoms with Gasteiger partial charge in [0.05, 0.1) is 18.0 Å². The highest BCUT2D eigenvalue weighted by Crippen LogP contribution is 2.26. The summed E-state index contributed by atoms with van der Waals surface area (Å²) in [6.07, 6.45) is -3.39. The normalized spacial score (nSPS) is 10.8. The lowest BCUT2D eigenvalue weighted by Gasteiger charge is -2.10. The molecule has 0 unspecified atom stereocenters. The third-order valence-corrected chi connectivity index (χ3v) is 2.23. The minimum absolute atomic E-state index is 0.0179. The number of anilines is 1. The highest BCUT2D eigenvalue weighted by atomic mass is 35.5. The second-order valence-electron chi connectivity index (χ2n) is 3.07. The lowest BCUT2D eigenvalue weighted by Crippen LogP contribution is -2.10. The molecule has 3 N–H and O–H groups in total. The van der Waals surface area contributed by atoms with Crippen molar-refractivity contribution in [1.29, 1.82) is 0 Å². The van der Waals surface area contributed by atoms with Crippen LogP contribution in [0.4, 0.5) is 14.6 Å². The summed E-state index contributed by atoms with van der Waals surface area (Å²) in [5.74, 6) is -1.31. The Balaban J connectivity index is 3.24. The molecule has 0 aromatic carbocycles. The minimum Gasteiger partial charge on any atom is -0.481 e. The zero-order valence-corrected chi connectivity index (χ0v) is 8.84. The van der Waals surface area contributed by atoms with Crippen LogP contribution in [0, 0.1) is 0 Å². The number of aliphatic carboxylic acids is 1. The summed E-state index contributed by atoms with van der Waals surface area (Å²) < 4.78 is 25.2. The molecule has 0 radical (unpaired) electrons. The first-order valence-electron chi connectivity index (χ1n) is 4.29. The van der Waals surface area contributed by atoms with Gasteiger partial charge >= 0.3 is 5.97 Å². The van der Waals surface area contributed by atoms with Crippen molar-refractivity contribution in [2.45, 2.75) is 18.7 Å². The summed E-state index contributed by atoms with van der Waals surface area (Å²) >= 11 is 5.49. The Bertz CT molecular complexity index is 413. The average Bonchev–Trinajstić information content (AvgIpc) is 2.16. The topological polar surface area (TPSA) is 76.2 Å². The first-order chi connectivity index (χ1) is 7.45. The van der Waals surface area contributed by atoms with Gasteiger partial charge in [0, 0.05) is 11.1 Å². The molecule has 1 aromatic rings. The molecule has 0 aliphatic heterocycles. The van der Waals surface area contributed by atoms with E-state index in [-0.39, 0.29) is 23.0 Å². The number of carboxylic acid groups (broad SMARTS) is 1. The van der Waals surface area contributed by atoms with E-state index in [2.05, 4.69) is 4.98 Å². The van der Waals surface area contributed by atoms with Gasteiger partial charge < -0.3 is 10.8 Å². The fourth-order valence-electron chi connectivity index (χ4n) is 1.21. The number of hydrogen-bond donors (Lipinski definition) is 2. The maximum Gasteiger partial charge on any atom is 0.309 e. The van der Waals surface area contributed by atoms with E-state index in [9.17, 15) is 13.6 Å². The molecule has 88 valence electrons. The van der Waals surface area contributed by atoms with Gasteiger partial charge in [-0.3, -0.25) is 4.79 Å². The molecule has 4 nitrogen and oxygen atoms in total. The number of nitrogen functional groups attached to an aromatic ring is 1. The van der Waals surface area contributed by atoms with Crippen molar-refractivity contribution in [2.75, 3.05) is 5.73 Å². The zero-order valence-electron chi connectivity index (χ0n) is 8.08. The molecule has 0 atom stereocenters. The van der Waals surface area contributed by atoms with Crippen molar-refractivity contribution < 1.29 is 18.7 Å². The highest BCUT2D eigenvalue weighted by molar-refractivity contribution is 6.17. The van der Waals surface area contributed by atoms with E-state index < -0.39 is 24.4 Å². The molecule has 0 saturated heterocycles. The number of rotatable bonds is 4. The molecular weight excluding hydrogens is 242 g/mol. The van der Waals surface area contributed by atoms with E-state index in [0.717, 1.165) is 6.07 Å². The Hall–Kier alpha value is -1.43. The quantitative estimate of drug-likeness (QED) is 0.801. The molecule has 0 aliphatic rings. The number of halogens is 3. The maximum atomic E-state index is 12.6. The van der Waals surface area contributed by atoms with Crippen LogP contribution >= 0.6 is 11.6 Å². The third kappa shape index (κ3) is 2.79. The number of aromatic nitrogens is 1. The molecule has 0 fully saturated rings. The maximum absolute atomic E-state index is 12.6. The smallest absolute Gasteiger partial charge is 0.309 e. The molecule has 0 aliphatic carbocycles. The Morgan fingerprint density at radius 3 is 2.69 bits per heavy atom. The SMILES string of the molecule is Nc1nc(CC(=O)O)c(C(F)F)cc1CCl. The van der Waals surface area contributed by atoms with Gasteiger partial charge in [-0.1, -0.05) is 0 Å². The van der Waals surface area contributed by atoms with Gasteiger partial charge in [0.25, 0.3) is 6.43 Å². The van der Waals surface area contributed by atoms with Crippen molar-refractivity contribution in [3.8, 4) is 0 Å². The van der Waals surface area contributed by atoms with Gasteiger partial charge in [-0.25, -0.2) is 13.8 Å². The second kappa shape index (κ2) is 5.07. The van der Waals surface area contributed by atoms with Crippen molar-refractivity contribution in [1.82, 2.24) is 4.98 Å².